The molecule has 2 N–H and O–H groups in total. The van der Waals surface area contributed by atoms with Gasteiger partial charge in [-0.3, -0.25) is 9.89 Å². The predicted octanol–water partition coefficient (Wildman–Crippen LogP) is 3.04. The quantitative estimate of drug-likeness (QED) is 0.853. The number of H-pyrrole nitrogens is 1. The molecule has 28 heavy (non-hydrogen) atoms. The maximum atomic E-state index is 12.7. The molecule has 2 aromatic rings. The van der Waals surface area contributed by atoms with E-state index in [-0.39, 0.29) is 18.0 Å². The highest BCUT2D eigenvalue weighted by atomic mass is 16.2. The molecule has 3 heterocycles. The first-order valence-electron chi connectivity index (χ1n) is 9.88. The van der Waals surface area contributed by atoms with E-state index in [1.165, 1.54) is 0 Å². The molecule has 0 aliphatic carbocycles. The summed E-state index contributed by atoms with van der Waals surface area (Å²) in [5.74, 6) is 2.09. The van der Waals surface area contributed by atoms with E-state index in [9.17, 15) is 9.59 Å². The Kier molecular flexibility index (Phi) is 5.02. The Bertz CT molecular complexity index is 871. The van der Waals surface area contributed by atoms with E-state index in [4.69, 9.17) is 0 Å². The van der Waals surface area contributed by atoms with Crippen LogP contribution >= 0.6 is 0 Å². The monoisotopic (exact) mass is 382 g/mol. The summed E-state index contributed by atoms with van der Waals surface area (Å²) in [6.45, 7) is 5.29. The Morgan fingerprint density at radius 1 is 1.25 bits per heavy atom. The molecule has 0 bridgehead atoms. The van der Waals surface area contributed by atoms with E-state index in [2.05, 4.69) is 27.4 Å². The van der Waals surface area contributed by atoms with Crippen molar-refractivity contribution >= 4 is 23.3 Å². The number of urea groups is 1. The number of anilines is 2. The average Bonchev–Trinajstić information content (AvgIpc) is 3.27. The van der Waals surface area contributed by atoms with Crippen molar-refractivity contribution in [1.82, 2.24) is 20.1 Å². The minimum absolute atomic E-state index is 0.109. The fourth-order valence-corrected chi connectivity index (χ4v) is 4.05. The molecule has 1 aromatic heterocycles. The van der Waals surface area contributed by atoms with Gasteiger partial charge in [0.2, 0.25) is 5.91 Å². The minimum Gasteiger partial charge on any atom is -0.324 e. The molecule has 1 unspecified atom stereocenters. The van der Waals surface area contributed by atoms with Crippen LogP contribution in [0.1, 0.15) is 50.2 Å². The number of aryl methyl sites for hydroxylation is 1. The van der Waals surface area contributed by atoms with Crippen molar-refractivity contribution in [2.45, 2.75) is 51.5 Å². The number of benzene rings is 1. The van der Waals surface area contributed by atoms with Gasteiger partial charge < -0.3 is 15.1 Å². The van der Waals surface area contributed by atoms with Crippen LogP contribution in [0.15, 0.2) is 24.3 Å². The lowest BCUT2D eigenvalue weighted by Gasteiger charge is -2.31. The van der Waals surface area contributed by atoms with Gasteiger partial charge in [0.05, 0.1) is 0 Å². The molecular weight excluding hydrogens is 356 g/mol. The van der Waals surface area contributed by atoms with Crippen molar-refractivity contribution in [3.63, 3.8) is 0 Å². The summed E-state index contributed by atoms with van der Waals surface area (Å²) in [5.41, 5.74) is 1.55. The van der Waals surface area contributed by atoms with Crippen LogP contribution in [0, 0.1) is 6.92 Å². The van der Waals surface area contributed by atoms with Crippen LogP contribution in [0.2, 0.25) is 0 Å². The van der Waals surface area contributed by atoms with E-state index in [1.54, 1.807) is 0 Å². The van der Waals surface area contributed by atoms with Crippen LogP contribution in [0.4, 0.5) is 16.2 Å². The highest BCUT2D eigenvalue weighted by Gasteiger charge is 2.29. The van der Waals surface area contributed by atoms with Crippen LogP contribution in [-0.2, 0) is 4.79 Å². The summed E-state index contributed by atoms with van der Waals surface area (Å²) in [7, 11) is 0. The van der Waals surface area contributed by atoms with E-state index >= 15 is 0 Å². The molecule has 8 nitrogen and oxygen atoms in total. The molecule has 2 aliphatic rings. The van der Waals surface area contributed by atoms with Gasteiger partial charge in [0.15, 0.2) is 5.82 Å². The van der Waals surface area contributed by atoms with E-state index in [1.807, 2.05) is 41.0 Å². The number of carbonyl (C=O) groups is 2. The molecule has 2 aliphatic heterocycles. The third kappa shape index (κ3) is 3.72. The SMILES string of the molecule is Cc1nc(C2CCN(C(=O)Nc3cccc(N4C(=O)CCC4C)c3)CC2)n[nH]1. The molecule has 2 saturated heterocycles. The topological polar surface area (TPSA) is 94.2 Å². The Hall–Kier alpha value is -2.90. The summed E-state index contributed by atoms with van der Waals surface area (Å²) in [6.07, 6.45) is 3.15. The predicted molar refractivity (Wildman–Crippen MR) is 106 cm³/mol. The van der Waals surface area contributed by atoms with Crippen molar-refractivity contribution in [2.24, 2.45) is 0 Å². The number of aromatic nitrogens is 3. The third-order valence-corrected chi connectivity index (χ3v) is 5.62. The number of rotatable bonds is 3. The Labute approximate surface area is 164 Å². The number of carbonyl (C=O) groups excluding carboxylic acids is 2. The number of hydrogen-bond donors (Lipinski definition) is 2. The molecule has 148 valence electrons. The van der Waals surface area contributed by atoms with E-state index < -0.39 is 0 Å². The largest absolute Gasteiger partial charge is 0.324 e. The lowest BCUT2D eigenvalue weighted by atomic mass is 9.96. The van der Waals surface area contributed by atoms with Crippen molar-refractivity contribution in [1.29, 1.82) is 0 Å². The van der Waals surface area contributed by atoms with Gasteiger partial charge in [-0.05, 0) is 51.3 Å². The number of piperidine rings is 1. The molecule has 0 saturated carbocycles. The van der Waals surface area contributed by atoms with Crippen LogP contribution in [0.3, 0.4) is 0 Å². The second-order valence-electron chi connectivity index (χ2n) is 7.67. The molecule has 0 spiro atoms. The normalized spacial score (nSPS) is 20.6. The summed E-state index contributed by atoms with van der Waals surface area (Å²) < 4.78 is 0. The Morgan fingerprint density at radius 2 is 2.04 bits per heavy atom. The molecule has 2 fully saturated rings. The third-order valence-electron chi connectivity index (χ3n) is 5.62. The zero-order valence-corrected chi connectivity index (χ0v) is 16.3. The van der Waals surface area contributed by atoms with Crippen LogP contribution < -0.4 is 10.2 Å². The number of aromatic amines is 1. The Balaban J connectivity index is 1.37. The number of likely N-dealkylation sites (tertiary alicyclic amines) is 1. The molecule has 8 heteroatoms. The van der Waals surface area contributed by atoms with E-state index in [0.29, 0.717) is 31.1 Å². The minimum atomic E-state index is -0.109. The molecule has 1 atom stereocenters. The van der Waals surface area contributed by atoms with Gasteiger partial charge in [0.25, 0.3) is 0 Å². The number of nitrogens with zero attached hydrogens (tertiary/aromatic N) is 4. The average molecular weight is 382 g/mol. The molecule has 4 rings (SSSR count). The van der Waals surface area contributed by atoms with Crippen molar-refractivity contribution < 1.29 is 9.59 Å². The van der Waals surface area contributed by atoms with Gasteiger partial charge in [-0.25, -0.2) is 9.78 Å². The first-order valence-corrected chi connectivity index (χ1v) is 9.88. The molecule has 3 amide bonds. The highest BCUT2D eigenvalue weighted by molar-refractivity contribution is 5.97. The first kappa shape index (κ1) is 18.5. The maximum Gasteiger partial charge on any atom is 0.321 e. The Morgan fingerprint density at radius 3 is 2.68 bits per heavy atom. The van der Waals surface area contributed by atoms with Gasteiger partial charge >= 0.3 is 6.03 Å². The number of nitrogens with one attached hydrogen (secondary N) is 2. The maximum absolute atomic E-state index is 12.7. The lowest BCUT2D eigenvalue weighted by Crippen LogP contribution is -2.40. The van der Waals surface area contributed by atoms with Gasteiger partial charge in [0.1, 0.15) is 5.82 Å². The molecular formula is C20H26N6O2. The van der Waals surface area contributed by atoms with Crippen LogP contribution in [0.5, 0.6) is 0 Å². The lowest BCUT2D eigenvalue weighted by molar-refractivity contribution is -0.117. The standard InChI is InChI=1S/C20H26N6O2/c1-13-6-7-18(27)26(13)17-5-3-4-16(12-17)22-20(28)25-10-8-15(9-11-25)19-21-14(2)23-24-19/h3-5,12-13,15H,6-11H2,1-2H3,(H,22,28)(H,21,23,24). The van der Waals surface area contributed by atoms with Crippen LogP contribution in [0.25, 0.3) is 0 Å². The fraction of sp³-hybridized carbons (Fsp3) is 0.500. The van der Waals surface area contributed by atoms with Gasteiger partial charge in [0, 0.05) is 42.8 Å². The van der Waals surface area contributed by atoms with Crippen molar-refractivity contribution in [2.75, 3.05) is 23.3 Å². The summed E-state index contributed by atoms with van der Waals surface area (Å²) in [5, 5.41) is 10.1. The number of amides is 3. The summed E-state index contributed by atoms with van der Waals surface area (Å²) in [6, 6.07) is 7.61. The van der Waals surface area contributed by atoms with Crippen molar-refractivity contribution in [3.8, 4) is 0 Å². The van der Waals surface area contributed by atoms with E-state index in [0.717, 1.165) is 36.6 Å². The van der Waals surface area contributed by atoms with Crippen LogP contribution in [-0.4, -0.2) is 51.2 Å². The van der Waals surface area contributed by atoms with Gasteiger partial charge in [-0.1, -0.05) is 6.07 Å². The zero-order chi connectivity index (χ0) is 19.7. The second kappa shape index (κ2) is 7.61. The summed E-state index contributed by atoms with van der Waals surface area (Å²) in [4.78, 5) is 32.9. The zero-order valence-electron chi connectivity index (χ0n) is 16.3. The first-order chi connectivity index (χ1) is 13.5. The van der Waals surface area contributed by atoms with Gasteiger partial charge in [-0.2, -0.15) is 5.10 Å². The molecule has 1 aromatic carbocycles. The second-order valence-corrected chi connectivity index (χ2v) is 7.67. The summed E-state index contributed by atoms with van der Waals surface area (Å²) >= 11 is 0. The fourth-order valence-electron chi connectivity index (χ4n) is 4.05. The van der Waals surface area contributed by atoms with Crippen molar-refractivity contribution in [3.05, 3.63) is 35.9 Å². The number of hydrogen-bond acceptors (Lipinski definition) is 4. The smallest absolute Gasteiger partial charge is 0.321 e. The highest BCUT2D eigenvalue weighted by Crippen LogP contribution is 2.29. The molecule has 0 radical (unpaired) electrons. The van der Waals surface area contributed by atoms with Gasteiger partial charge in [-0.15, -0.1) is 0 Å².